The van der Waals surface area contributed by atoms with E-state index in [0.29, 0.717) is 0 Å². The van der Waals surface area contributed by atoms with Crippen molar-refractivity contribution in [1.29, 1.82) is 0 Å². The van der Waals surface area contributed by atoms with Crippen molar-refractivity contribution < 1.29 is 14.0 Å². The summed E-state index contributed by atoms with van der Waals surface area (Å²) in [4.78, 5) is 28.1. The standard InChI is InChI=1S/C22H27FN2O2S/c1-4-16(2)24-22(27)17(3)25(14-18-10-12-19(23)13-11-18)21(26)15-28-20-8-6-5-7-9-20/h5-13,16-17H,4,14-15H2,1-3H3,(H,24,27)/t16-,17+/m0/s1. The molecule has 0 fully saturated rings. The lowest BCUT2D eigenvalue weighted by molar-refractivity contribution is -0.138. The van der Waals surface area contributed by atoms with Crippen LogP contribution in [0.25, 0.3) is 0 Å². The maximum absolute atomic E-state index is 13.2. The normalized spacial score (nSPS) is 12.9. The molecule has 0 radical (unpaired) electrons. The Morgan fingerprint density at radius 3 is 2.32 bits per heavy atom. The second kappa shape index (κ2) is 10.9. The predicted molar refractivity (Wildman–Crippen MR) is 111 cm³/mol. The van der Waals surface area contributed by atoms with Crippen LogP contribution in [0.5, 0.6) is 0 Å². The monoisotopic (exact) mass is 402 g/mol. The van der Waals surface area contributed by atoms with Crippen LogP contribution < -0.4 is 5.32 Å². The molecule has 0 spiro atoms. The molecule has 0 bridgehead atoms. The molecule has 0 heterocycles. The van der Waals surface area contributed by atoms with Gasteiger partial charge in [0, 0.05) is 17.5 Å². The van der Waals surface area contributed by atoms with Crippen molar-refractivity contribution >= 4 is 23.6 Å². The fourth-order valence-corrected chi connectivity index (χ4v) is 3.38. The van der Waals surface area contributed by atoms with Gasteiger partial charge < -0.3 is 10.2 Å². The maximum Gasteiger partial charge on any atom is 0.242 e. The van der Waals surface area contributed by atoms with Crippen LogP contribution in [0.1, 0.15) is 32.8 Å². The van der Waals surface area contributed by atoms with Gasteiger partial charge in [-0.25, -0.2) is 4.39 Å². The number of halogens is 1. The molecule has 1 N–H and O–H groups in total. The Bertz CT molecular complexity index is 768. The summed E-state index contributed by atoms with van der Waals surface area (Å²) < 4.78 is 13.2. The molecule has 2 amide bonds. The summed E-state index contributed by atoms with van der Waals surface area (Å²) in [7, 11) is 0. The van der Waals surface area contributed by atoms with E-state index in [-0.39, 0.29) is 36.0 Å². The first-order valence-electron chi connectivity index (χ1n) is 9.42. The lowest BCUT2D eigenvalue weighted by atomic mass is 10.1. The average Bonchev–Trinajstić information content (AvgIpc) is 2.71. The quantitative estimate of drug-likeness (QED) is 0.638. The molecular weight excluding hydrogens is 375 g/mol. The minimum atomic E-state index is -0.622. The van der Waals surface area contributed by atoms with E-state index in [1.54, 1.807) is 24.0 Å². The first-order valence-corrected chi connectivity index (χ1v) is 10.4. The Morgan fingerprint density at radius 2 is 1.71 bits per heavy atom. The Kier molecular flexibility index (Phi) is 8.51. The molecule has 28 heavy (non-hydrogen) atoms. The zero-order valence-corrected chi connectivity index (χ0v) is 17.3. The van der Waals surface area contributed by atoms with E-state index < -0.39 is 6.04 Å². The van der Waals surface area contributed by atoms with Gasteiger partial charge in [-0.15, -0.1) is 11.8 Å². The summed E-state index contributed by atoms with van der Waals surface area (Å²) in [6, 6.07) is 15.1. The van der Waals surface area contributed by atoms with Gasteiger partial charge in [0.15, 0.2) is 0 Å². The van der Waals surface area contributed by atoms with Crippen LogP contribution in [0.15, 0.2) is 59.5 Å². The van der Waals surface area contributed by atoms with E-state index >= 15 is 0 Å². The number of carbonyl (C=O) groups excluding carboxylic acids is 2. The highest BCUT2D eigenvalue weighted by Gasteiger charge is 2.26. The number of benzene rings is 2. The van der Waals surface area contributed by atoms with E-state index in [2.05, 4.69) is 5.32 Å². The molecule has 2 aromatic carbocycles. The molecule has 0 unspecified atom stereocenters. The van der Waals surface area contributed by atoms with E-state index in [0.717, 1.165) is 16.9 Å². The van der Waals surface area contributed by atoms with E-state index in [9.17, 15) is 14.0 Å². The van der Waals surface area contributed by atoms with Gasteiger partial charge in [0.1, 0.15) is 11.9 Å². The van der Waals surface area contributed by atoms with Gasteiger partial charge in [-0.05, 0) is 50.1 Å². The van der Waals surface area contributed by atoms with Crippen molar-refractivity contribution in [1.82, 2.24) is 10.2 Å². The number of hydrogen-bond donors (Lipinski definition) is 1. The van der Waals surface area contributed by atoms with Crippen LogP contribution in [-0.2, 0) is 16.1 Å². The fraction of sp³-hybridized carbons (Fsp3) is 0.364. The number of thioether (sulfide) groups is 1. The largest absolute Gasteiger partial charge is 0.352 e. The molecule has 2 rings (SSSR count). The second-order valence-corrected chi connectivity index (χ2v) is 7.79. The van der Waals surface area contributed by atoms with E-state index in [1.165, 1.54) is 23.9 Å². The van der Waals surface area contributed by atoms with Crippen molar-refractivity contribution in [3.05, 3.63) is 66.0 Å². The third-order valence-corrected chi connectivity index (χ3v) is 5.54. The fourth-order valence-electron chi connectivity index (χ4n) is 2.58. The maximum atomic E-state index is 13.2. The van der Waals surface area contributed by atoms with Crippen LogP contribution in [0.3, 0.4) is 0 Å². The molecule has 0 aliphatic rings. The van der Waals surface area contributed by atoms with Gasteiger partial charge in [0.25, 0.3) is 0 Å². The summed E-state index contributed by atoms with van der Waals surface area (Å²) in [5.41, 5.74) is 0.780. The lowest BCUT2D eigenvalue weighted by Crippen LogP contribution is -2.50. The van der Waals surface area contributed by atoms with E-state index in [1.807, 2.05) is 44.2 Å². The summed E-state index contributed by atoms with van der Waals surface area (Å²) in [6.07, 6.45) is 0.814. The van der Waals surface area contributed by atoms with Gasteiger partial charge in [-0.2, -0.15) is 0 Å². The first kappa shape index (κ1) is 22.0. The van der Waals surface area contributed by atoms with E-state index in [4.69, 9.17) is 0 Å². The predicted octanol–water partition coefficient (Wildman–Crippen LogP) is 4.25. The Hall–Kier alpha value is -2.34. The Labute approximate surface area is 170 Å². The highest BCUT2D eigenvalue weighted by atomic mass is 32.2. The molecule has 0 aliphatic carbocycles. The molecular formula is C22H27FN2O2S. The molecule has 0 aromatic heterocycles. The Morgan fingerprint density at radius 1 is 1.07 bits per heavy atom. The minimum absolute atomic E-state index is 0.0383. The summed E-state index contributed by atoms with van der Waals surface area (Å²) in [5, 5.41) is 2.93. The molecule has 4 nitrogen and oxygen atoms in total. The van der Waals surface area contributed by atoms with Gasteiger partial charge in [-0.3, -0.25) is 9.59 Å². The lowest BCUT2D eigenvalue weighted by Gasteiger charge is -2.29. The van der Waals surface area contributed by atoms with Gasteiger partial charge >= 0.3 is 0 Å². The van der Waals surface area contributed by atoms with Crippen molar-refractivity contribution in [3.63, 3.8) is 0 Å². The topological polar surface area (TPSA) is 49.4 Å². The Balaban J connectivity index is 2.12. The third-order valence-electron chi connectivity index (χ3n) is 4.54. The average molecular weight is 403 g/mol. The smallest absolute Gasteiger partial charge is 0.242 e. The van der Waals surface area contributed by atoms with Gasteiger partial charge in [0.2, 0.25) is 11.8 Å². The first-order chi connectivity index (χ1) is 13.4. The third kappa shape index (κ3) is 6.68. The molecule has 0 saturated heterocycles. The molecule has 0 aliphatic heterocycles. The van der Waals surface area contributed by atoms with Crippen LogP contribution in [0.2, 0.25) is 0 Å². The molecule has 6 heteroatoms. The number of amides is 2. The van der Waals surface area contributed by atoms with Crippen molar-refractivity contribution in [3.8, 4) is 0 Å². The highest BCUT2D eigenvalue weighted by molar-refractivity contribution is 8.00. The number of nitrogens with zero attached hydrogens (tertiary/aromatic N) is 1. The van der Waals surface area contributed by atoms with Crippen LogP contribution in [-0.4, -0.2) is 34.6 Å². The number of hydrogen-bond acceptors (Lipinski definition) is 3. The van der Waals surface area contributed by atoms with Crippen molar-refractivity contribution in [2.45, 2.75) is 50.7 Å². The molecule has 2 atom stereocenters. The van der Waals surface area contributed by atoms with Gasteiger partial charge in [0.05, 0.1) is 5.75 Å². The SMILES string of the molecule is CC[C@H](C)NC(=O)[C@@H](C)N(Cc1ccc(F)cc1)C(=O)CSc1ccccc1. The minimum Gasteiger partial charge on any atom is -0.352 e. The number of nitrogens with one attached hydrogen (secondary N) is 1. The summed E-state index contributed by atoms with van der Waals surface area (Å²) in [5.74, 6) is -0.421. The van der Waals surface area contributed by atoms with Gasteiger partial charge in [-0.1, -0.05) is 37.3 Å². The van der Waals surface area contributed by atoms with Crippen molar-refractivity contribution in [2.75, 3.05) is 5.75 Å². The summed E-state index contributed by atoms with van der Waals surface area (Å²) in [6.45, 7) is 5.91. The number of rotatable bonds is 9. The zero-order valence-electron chi connectivity index (χ0n) is 16.5. The van der Waals surface area contributed by atoms with Crippen LogP contribution in [0.4, 0.5) is 4.39 Å². The molecule has 2 aromatic rings. The highest BCUT2D eigenvalue weighted by Crippen LogP contribution is 2.19. The summed E-state index contributed by atoms with van der Waals surface area (Å²) >= 11 is 1.43. The number of carbonyl (C=O) groups is 2. The van der Waals surface area contributed by atoms with Crippen molar-refractivity contribution in [2.24, 2.45) is 0 Å². The molecule has 150 valence electrons. The zero-order chi connectivity index (χ0) is 20.5. The van der Waals surface area contributed by atoms with Crippen LogP contribution in [0, 0.1) is 5.82 Å². The molecule has 0 saturated carbocycles. The van der Waals surface area contributed by atoms with Crippen LogP contribution >= 0.6 is 11.8 Å². The second-order valence-electron chi connectivity index (χ2n) is 6.74.